The first kappa shape index (κ1) is 23.3. The van der Waals surface area contributed by atoms with Crippen LogP contribution >= 0.6 is 0 Å². The maximum Gasteiger partial charge on any atom is 0.251 e. The van der Waals surface area contributed by atoms with E-state index in [-0.39, 0.29) is 17.9 Å². The van der Waals surface area contributed by atoms with Gasteiger partial charge in [0.05, 0.1) is 11.0 Å². The maximum absolute atomic E-state index is 11.7. The van der Waals surface area contributed by atoms with Gasteiger partial charge in [-0.25, -0.2) is 9.97 Å². The van der Waals surface area contributed by atoms with Gasteiger partial charge in [-0.15, -0.1) is 0 Å². The molecule has 0 atom stereocenters. The van der Waals surface area contributed by atoms with E-state index in [1.54, 1.807) is 18.3 Å². The van der Waals surface area contributed by atoms with E-state index in [1.807, 2.05) is 35.9 Å². The minimum absolute atomic E-state index is 0.0417. The van der Waals surface area contributed by atoms with Crippen LogP contribution in [-0.4, -0.2) is 34.2 Å². The summed E-state index contributed by atoms with van der Waals surface area (Å²) in [5.41, 5.74) is 4.08. The first-order valence-electron chi connectivity index (χ1n) is 11.0. The second-order valence-electron chi connectivity index (χ2n) is 9.06. The fraction of sp³-hybridized carbons (Fsp3) is 0.269. The number of carbonyl (C=O) groups is 1. The number of carbonyl (C=O) groups excluding carboxylic acids is 1. The Kier molecular flexibility index (Phi) is 6.51. The third-order valence-corrected chi connectivity index (χ3v) is 5.35. The van der Waals surface area contributed by atoms with Gasteiger partial charge in [-0.3, -0.25) is 4.79 Å². The number of rotatable bonds is 7. The van der Waals surface area contributed by atoms with Crippen LogP contribution < -0.4 is 15.4 Å². The molecule has 4 aromatic rings. The predicted molar refractivity (Wildman–Crippen MR) is 134 cm³/mol. The Morgan fingerprint density at radius 1 is 1.06 bits per heavy atom. The van der Waals surface area contributed by atoms with Crippen LogP contribution in [0.3, 0.4) is 0 Å². The summed E-state index contributed by atoms with van der Waals surface area (Å²) in [5, 5.41) is 6.10. The van der Waals surface area contributed by atoms with Crippen molar-refractivity contribution in [2.45, 2.75) is 26.2 Å². The van der Waals surface area contributed by atoms with Crippen molar-refractivity contribution in [3.63, 3.8) is 0 Å². The van der Waals surface area contributed by atoms with Crippen molar-refractivity contribution in [3.8, 4) is 11.5 Å². The summed E-state index contributed by atoms with van der Waals surface area (Å²) in [5.74, 6) is 2.03. The number of amides is 1. The van der Waals surface area contributed by atoms with E-state index in [1.165, 1.54) is 12.7 Å². The first-order valence-corrected chi connectivity index (χ1v) is 11.0. The third-order valence-electron chi connectivity index (χ3n) is 5.35. The monoisotopic (exact) mass is 459 g/mol. The molecule has 0 saturated heterocycles. The Balaban J connectivity index is 1.54. The number of ether oxygens (including phenoxy) is 2. The lowest BCUT2D eigenvalue weighted by Gasteiger charge is -2.20. The molecule has 176 valence electrons. The van der Waals surface area contributed by atoms with E-state index in [0.717, 1.165) is 22.7 Å². The Bertz CT molecular complexity index is 1320. The second kappa shape index (κ2) is 9.52. The van der Waals surface area contributed by atoms with Crippen LogP contribution in [0, 0.1) is 0 Å². The molecule has 2 N–H and O–H groups in total. The highest BCUT2D eigenvalue weighted by Gasteiger charge is 2.15. The van der Waals surface area contributed by atoms with E-state index >= 15 is 0 Å². The second-order valence-corrected chi connectivity index (χ2v) is 9.06. The number of imidazole rings is 1. The number of pyridine rings is 1. The number of nitrogens with one attached hydrogen (secondary N) is 2. The molecule has 34 heavy (non-hydrogen) atoms. The zero-order valence-electron chi connectivity index (χ0n) is 20.0. The van der Waals surface area contributed by atoms with Gasteiger partial charge in [0.15, 0.2) is 0 Å². The minimum atomic E-state index is -0.282. The number of methoxy groups -OCH3 is 1. The van der Waals surface area contributed by atoms with E-state index in [9.17, 15) is 4.79 Å². The summed E-state index contributed by atoms with van der Waals surface area (Å²) in [6.45, 7) is 6.55. The minimum Gasteiger partial charge on any atom is -0.457 e. The average Bonchev–Trinajstić information content (AvgIpc) is 3.08. The van der Waals surface area contributed by atoms with Crippen LogP contribution in [0.2, 0.25) is 0 Å². The van der Waals surface area contributed by atoms with Crippen molar-refractivity contribution < 1.29 is 14.3 Å². The van der Waals surface area contributed by atoms with Crippen LogP contribution in [-0.2, 0) is 22.0 Å². The van der Waals surface area contributed by atoms with E-state index < -0.39 is 0 Å². The standard InChI is InChI=1S/C26H29N5O3/c1-26(2,3)17-7-6-8-18(13-17)28-25-29-21-14-19(9-10-22(21)31(25)4)34-20-11-12-27-23(15-20)30-24(32)16-33-5/h6-15H,16H2,1-5H3,(H,28,29)(H,27,30,32). The molecule has 4 rings (SSSR count). The Morgan fingerprint density at radius 2 is 1.85 bits per heavy atom. The topological polar surface area (TPSA) is 90.3 Å². The molecular formula is C26H29N5O3. The first-order chi connectivity index (χ1) is 16.2. The molecule has 8 nitrogen and oxygen atoms in total. The van der Waals surface area contributed by atoms with Gasteiger partial charge in [0, 0.05) is 38.2 Å². The van der Waals surface area contributed by atoms with Crippen LogP contribution in [0.1, 0.15) is 26.3 Å². The van der Waals surface area contributed by atoms with E-state index in [2.05, 4.69) is 54.6 Å². The lowest BCUT2D eigenvalue weighted by atomic mass is 9.87. The van der Waals surface area contributed by atoms with E-state index in [4.69, 9.17) is 14.5 Å². The van der Waals surface area contributed by atoms with Gasteiger partial charge in [0.25, 0.3) is 5.91 Å². The summed E-state index contributed by atoms with van der Waals surface area (Å²) < 4.78 is 12.8. The van der Waals surface area contributed by atoms with Gasteiger partial charge in [-0.2, -0.15) is 0 Å². The number of aryl methyl sites for hydroxylation is 1. The molecular weight excluding hydrogens is 430 g/mol. The molecule has 0 spiro atoms. The van der Waals surface area contributed by atoms with Crippen LogP contribution in [0.25, 0.3) is 11.0 Å². The molecule has 2 heterocycles. The number of anilines is 3. The molecule has 0 aliphatic heterocycles. The SMILES string of the molecule is COCC(=O)Nc1cc(Oc2ccc3c(c2)nc(Nc2cccc(C(C)(C)C)c2)n3C)ccn1. The van der Waals surface area contributed by atoms with Crippen molar-refractivity contribution in [3.05, 3.63) is 66.4 Å². The number of nitrogens with zero attached hydrogens (tertiary/aromatic N) is 3. The molecule has 2 aromatic carbocycles. The molecule has 0 fully saturated rings. The zero-order valence-corrected chi connectivity index (χ0v) is 20.0. The number of aromatic nitrogens is 3. The Labute approximate surface area is 198 Å². The highest BCUT2D eigenvalue weighted by Crippen LogP contribution is 2.30. The van der Waals surface area contributed by atoms with Crippen molar-refractivity contribution in [2.75, 3.05) is 24.4 Å². The molecule has 2 aromatic heterocycles. The van der Waals surface area contributed by atoms with Crippen molar-refractivity contribution in [1.82, 2.24) is 14.5 Å². The summed E-state index contributed by atoms with van der Waals surface area (Å²) >= 11 is 0. The van der Waals surface area contributed by atoms with Gasteiger partial charge >= 0.3 is 0 Å². The molecule has 0 radical (unpaired) electrons. The summed E-state index contributed by atoms with van der Waals surface area (Å²) in [4.78, 5) is 20.6. The van der Waals surface area contributed by atoms with Gasteiger partial charge < -0.3 is 24.7 Å². The highest BCUT2D eigenvalue weighted by atomic mass is 16.5. The van der Waals surface area contributed by atoms with Crippen LogP contribution in [0.4, 0.5) is 17.5 Å². The third kappa shape index (κ3) is 5.35. The van der Waals surface area contributed by atoms with Gasteiger partial charge in [-0.1, -0.05) is 32.9 Å². The van der Waals surface area contributed by atoms with Crippen LogP contribution in [0.15, 0.2) is 60.8 Å². The van der Waals surface area contributed by atoms with Gasteiger partial charge in [-0.05, 0) is 41.3 Å². The largest absolute Gasteiger partial charge is 0.457 e. The molecule has 0 aliphatic carbocycles. The van der Waals surface area contributed by atoms with Gasteiger partial charge in [0.1, 0.15) is 23.9 Å². The number of fused-ring (bicyclic) bond motifs is 1. The van der Waals surface area contributed by atoms with Crippen molar-refractivity contribution in [2.24, 2.45) is 7.05 Å². The molecule has 0 bridgehead atoms. The summed E-state index contributed by atoms with van der Waals surface area (Å²) in [6.07, 6.45) is 1.57. The number of hydrogen-bond acceptors (Lipinski definition) is 6. The Morgan fingerprint density at radius 3 is 2.62 bits per heavy atom. The van der Waals surface area contributed by atoms with Crippen molar-refractivity contribution in [1.29, 1.82) is 0 Å². The molecule has 1 amide bonds. The highest BCUT2D eigenvalue weighted by molar-refractivity contribution is 5.90. The van der Waals surface area contributed by atoms with Crippen LogP contribution in [0.5, 0.6) is 11.5 Å². The van der Waals surface area contributed by atoms with Gasteiger partial charge in [0.2, 0.25) is 5.95 Å². The molecule has 8 heteroatoms. The predicted octanol–water partition coefficient (Wildman–Crippen LogP) is 5.39. The maximum atomic E-state index is 11.7. The fourth-order valence-electron chi connectivity index (χ4n) is 3.54. The average molecular weight is 460 g/mol. The lowest BCUT2D eigenvalue weighted by Crippen LogP contribution is -2.17. The lowest BCUT2D eigenvalue weighted by molar-refractivity contribution is -0.119. The summed E-state index contributed by atoms with van der Waals surface area (Å²) in [6, 6.07) is 17.5. The normalized spacial score (nSPS) is 11.4. The smallest absolute Gasteiger partial charge is 0.251 e. The zero-order chi connectivity index (χ0) is 24.3. The quantitative estimate of drug-likeness (QED) is 0.385. The number of hydrogen-bond donors (Lipinski definition) is 2. The van der Waals surface area contributed by atoms with E-state index in [0.29, 0.717) is 17.3 Å². The number of benzene rings is 2. The molecule has 0 saturated carbocycles. The van der Waals surface area contributed by atoms with Crippen molar-refractivity contribution >= 4 is 34.4 Å². The summed E-state index contributed by atoms with van der Waals surface area (Å²) in [7, 11) is 3.44. The molecule has 0 aliphatic rings. The Hall–Kier alpha value is -3.91. The fourth-order valence-corrected chi connectivity index (χ4v) is 3.54. The molecule has 0 unspecified atom stereocenters.